The van der Waals surface area contributed by atoms with Crippen LogP contribution < -0.4 is 5.32 Å². The second-order valence-corrected chi connectivity index (χ2v) is 4.85. The van der Waals surface area contributed by atoms with Gasteiger partial charge in [-0.2, -0.15) is 5.10 Å². The topological polar surface area (TPSA) is 46.9 Å². The molecule has 110 valence electrons. The Morgan fingerprint density at radius 3 is 2.71 bits per heavy atom. The molecule has 1 aromatic carbocycles. The second-order valence-electron chi connectivity index (χ2n) is 4.85. The second kappa shape index (κ2) is 6.35. The van der Waals surface area contributed by atoms with Crippen LogP contribution in [0.15, 0.2) is 30.3 Å². The maximum Gasteiger partial charge on any atom is 0.244 e. The van der Waals surface area contributed by atoms with Crippen LogP contribution in [0.25, 0.3) is 6.08 Å². The minimum Gasteiger partial charge on any atom is -0.348 e. The average Bonchev–Trinajstić information content (AvgIpc) is 2.69. The number of nitrogens with one attached hydrogen (secondary N) is 1. The van der Waals surface area contributed by atoms with Crippen LogP contribution in [-0.4, -0.2) is 15.7 Å². The minimum absolute atomic E-state index is 0.263. The Bertz CT molecular complexity index is 689. The number of nitrogens with zero attached hydrogens (tertiary/aromatic N) is 2. The van der Waals surface area contributed by atoms with Gasteiger partial charge in [0.25, 0.3) is 0 Å². The Morgan fingerprint density at radius 2 is 2.10 bits per heavy atom. The van der Waals surface area contributed by atoms with Crippen molar-refractivity contribution in [2.75, 3.05) is 0 Å². The Balaban J connectivity index is 1.98. The van der Waals surface area contributed by atoms with Crippen LogP contribution in [0.4, 0.5) is 4.39 Å². The van der Waals surface area contributed by atoms with Crippen LogP contribution in [-0.2, 0) is 18.4 Å². The summed E-state index contributed by atoms with van der Waals surface area (Å²) in [5.41, 5.74) is 3.31. The number of rotatable bonds is 4. The molecule has 1 aromatic heterocycles. The normalized spacial score (nSPS) is 11.0. The maximum absolute atomic E-state index is 13.4. The van der Waals surface area contributed by atoms with Crippen molar-refractivity contribution < 1.29 is 9.18 Å². The van der Waals surface area contributed by atoms with Crippen LogP contribution in [0.1, 0.15) is 22.5 Å². The zero-order valence-corrected chi connectivity index (χ0v) is 12.4. The lowest BCUT2D eigenvalue weighted by molar-refractivity contribution is -0.116. The molecule has 4 nitrogen and oxygen atoms in total. The molecule has 2 rings (SSSR count). The SMILES string of the molecule is Cc1nn(C)c(C)c1CNC(=O)/C=C\c1ccccc1F. The smallest absolute Gasteiger partial charge is 0.244 e. The van der Waals surface area contributed by atoms with Gasteiger partial charge in [0.1, 0.15) is 5.82 Å². The third-order valence-corrected chi connectivity index (χ3v) is 3.42. The third-order valence-electron chi connectivity index (χ3n) is 3.42. The van der Waals surface area contributed by atoms with Crippen molar-refractivity contribution in [1.29, 1.82) is 0 Å². The fraction of sp³-hybridized carbons (Fsp3) is 0.250. The fourth-order valence-electron chi connectivity index (χ4n) is 2.08. The Morgan fingerprint density at radius 1 is 1.38 bits per heavy atom. The largest absolute Gasteiger partial charge is 0.348 e. The summed E-state index contributed by atoms with van der Waals surface area (Å²) in [5, 5.41) is 7.07. The molecule has 2 aromatic rings. The number of halogens is 1. The van der Waals surface area contributed by atoms with Crippen LogP contribution >= 0.6 is 0 Å². The van der Waals surface area contributed by atoms with Gasteiger partial charge in [-0.05, 0) is 26.0 Å². The Kier molecular flexibility index (Phi) is 4.52. The summed E-state index contributed by atoms with van der Waals surface area (Å²) in [6.45, 7) is 4.27. The monoisotopic (exact) mass is 287 g/mol. The Labute approximate surface area is 123 Å². The van der Waals surface area contributed by atoms with Crippen molar-refractivity contribution in [3.63, 3.8) is 0 Å². The molecule has 21 heavy (non-hydrogen) atoms. The number of carbonyl (C=O) groups excluding carboxylic acids is 1. The van der Waals surface area contributed by atoms with Crippen molar-refractivity contribution in [1.82, 2.24) is 15.1 Å². The van der Waals surface area contributed by atoms with Crippen LogP contribution in [0.3, 0.4) is 0 Å². The summed E-state index contributed by atoms with van der Waals surface area (Å²) < 4.78 is 15.2. The van der Waals surface area contributed by atoms with E-state index in [9.17, 15) is 9.18 Å². The first kappa shape index (κ1) is 15.0. The van der Waals surface area contributed by atoms with E-state index in [0.29, 0.717) is 12.1 Å². The molecule has 0 spiro atoms. The first-order valence-electron chi connectivity index (χ1n) is 6.68. The molecule has 0 saturated carbocycles. The van der Waals surface area contributed by atoms with Gasteiger partial charge in [0.15, 0.2) is 0 Å². The number of hydrogen-bond acceptors (Lipinski definition) is 2. The first-order valence-corrected chi connectivity index (χ1v) is 6.68. The number of aromatic nitrogens is 2. The lowest BCUT2D eigenvalue weighted by atomic mass is 10.2. The van der Waals surface area contributed by atoms with Gasteiger partial charge in [-0.25, -0.2) is 4.39 Å². The van der Waals surface area contributed by atoms with Gasteiger partial charge in [-0.1, -0.05) is 18.2 Å². The van der Waals surface area contributed by atoms with Crippen LogP contribution in [0, 0.1) is 19.7 Å². The molecule has 5 heteroatoms. The number of amides is 1. The molecule has 0 saturated heterocycles. The van der Waals surface area contributed by atoms with E-state index in [2.05, 4.69) is 10.4 Å². The fourth-order valence-corrected chi connectivity index (χ4v) is 2.08. The number of aryl methyl sites for hydroxylation is 2. The molecule has 0 aliphatic carbocycles. The van der Waals surface area contributed by atoms with E-state index in [4.69, 9.17) is 0 Å². The minimum atomic E-state index is -0.347. The Hall–Kier alpha value is -2.43. The third kappa shape index (κ3) is 3.56. The van der Waals surface area contributed by atoms with Crippen molar-refractivity contribution >= 4 is 12.0 Å². The number of hydrogen-bond donors (Lipinski definition) is 1. The van der Waals surface area contributed by atoms with Gasteiger partial charge in [-0.3, -0.25) is 9.48 Å². The first-order chi connectivity index (χ1) is 9.99. The maximum atomic E-state index is 13.4. The molecule has 0 unspecified atom stereocenters. The van der Waals surface area contributed by atoms with Crippen molar-refractivity contribution in [2.24, 2.45) is 7.05 Å². The van der Waals surface area contributed by atoms with E-state index in [1.54, 1.807) is 22.9 Å². The molecule has 0 bridgehead atoms. The predicted octanol–water partition coefficient (Wildman–Crippen LogP) is 2.51. The number of benzene rings is 1. The van der Waals surface area contributed by atoms with Gasteiger partial charge < -0.3 is 5.32 Å². The van der Waals surface area contributed by atoms with Gasteiger partial charge in [0, 0.05) is 36.5 Å². The van der Waals surface area contributed by atoms with E-state index < -0.39 is 0 Å². The molecule has 1 heterocycles. The highest BCUT2D eigenvalue weighted by Crippen LogP contribution is 2.11. The van der Waals surface area contributed by atoms with E-state index >= 15 is 0 Å². The van der Waals surface area contributed by atoms with E-state index in [0.717, 1.165) is 17.0 Å². The zero-order valence-electron chi connectivity index (χ0n) is 12.4. The van der Waals surface area contributed by atoms with E-state index in [1.807, 2.05) is 20.9 Å². The zero-order chi connectivity index (χ0) is 15.4. The summed E-state index contributed by atoms with van der Waals surface area (Å²) in [6.07, 6.45) is 2.80. The molecule has 0 radical (unpaired) electrons. The van der Waals surface area contributed by atoms with Crippen molar-refractivity contribution in [2.45, 2.75) is 20.4 Å². The van der Waals surface area contributed by atoms with Gasteiger partial charge in [0.2, 0.25) is 5.91 Å². The summed E-state index contributed by atoms with van der Waals surface area (Å²) in [4.78, 5) is 11.8. The number of carbonyl (C=O) groups is 1. The quantitative estimate of drug-likeness (QED) is 0.878. The molecule has 0 aliphatic heterocycles. The predicted molar refractivity (Wildman–Crippen MR) is 80.0 cm³/mol. The van der Waals surface area contributed by atoms with Crippen LogP contribution in [0.2, 0.25) is 0 Å². The summed E-state index contributed by atoms with van der Waals surface area (Å²) >= 11 is 0. The molecular formula is C16H18FN3O. The van der Waals surface area contributed by atoms with Gasteiger partial charge >= 0.3 is 0 Å². The molecule has 0 atom stereocenters. The highest BCUT2D eigenvalue weighted by Gasteiger charge is 2.09. The molecule has 0 aliphatic rings. The molecule has 1 N–H and O–H groups in total. The average molecular weight is 287 g/mol. The lowest BCUT2D eigenvalue weighted by Gasteiger charge is -2.03. The summed E-state index contributed by atoms with van der Waals surface area (Å²) in [5.74, 6) is -0.610. The summed E-state index contributed by atoms with van der Waals surface area (Å²) in [7, 11) is 1.87. The highest BCUT2D eigenvalue weighted by molar-refractivity contribution is 5.91. The van der Waals surface area contributed by atoms with Gasteiger partial charge in [-0.15, -0.1) is 0 Å². The molecule has 1 amide bonds. The van der Waals surface area contributed by atoms with E-state index in [-0.39, 0.29) is 11.7 Å². The molecular weight excluding hydrogens is 269 g/mol. The highest BCUT2D eigenvalue weighted by atomic mass is 19.1. The summed E-state index contributed by atoms with van der Waals surface area (Å²) in [6, 6.07) is 6.32. The van der Waals surface area contributed by atoms with E-state index in [1.165, 1.54) is 18.2 Å². The van der Waals surface area contributed by atoms with Crippen molar-refractivity contribution in [3.8, 4) is 0 Å². The lowest BCUT2D eigenvalue weighted by Crippen LogP contribution is -2.21. The van der Waals surface area contributed by atoms with Gasteiger partial charge in [0.05, 0.1) is 5.69 Å². The van der Waals surface area contributed by atoms with Crippen molar-refractivity contribution in [3.05, 3.63) is 58.7 Å². The standard InChI is InChI=1S/C16H18FN3O/c1-11-14(12(2)20(3)19-11)10-18-16(21)9-8-13-6-4-5-7-15(13)17/h4-9H,10H2,1-3H3,(H,18,21)/b9-8-. The van der Waals surface area contributed by atoms with Crippen LogP contribution in [0.5, 0.6) is 0 Å². The molecule has 0 fully saturated rings.